The quantitative estimate of drug-likeness (QED) is 0.418. The van der Waals surface area contributed by atoms with Crippen LogP contribution in [0.2, 0.25) is 0 Å². The Balaban J connectivity index is 1.52. The maximum absolute atomic E-state index is 13.3. The van der Waals surface area contributed by atoms with E-state index < -0.39 is 0 Å². The van der Waals surface area contributed by atoms with E-state index in [-0.39, 0.29) is 17.6 Å². The highest BCUT2D eigenvalue weighted by atomic mass is 79.9. The zero-order chi connectivity index (χ0) is 23.6. The first kappa shape index (κ1) is 25.4. The topological polar surface area (TPSA) is 43.9 Å². The number of rotatable bonds is 10. The molecule has 2 aromatic carbocycles. The molecule has 0 saturated carbocycles. The molecular weight excluding hydrogens is 485 g/mol. The summed E-state index contributed by atoms with van der Waals surface area (Å²) in [7, 11) is 0. The van der Waals surface area contributed by atoms with Crippen molar-refractivity contribution < 1.29 is 14.0 Å². The van der Waals surface area contributed by atoms with Gasteiger partial charge in [-0.15, -0.1) is 0 Å². The van der Waals surface area contributed by atoms with E-state index in [0.29, 0.717) is 38.2 Å². The van der Waals surface area contributed by atoms with Gasteiger partial charge in [0, 0.05) is 62.3 Å². The van der Waals surface area contributed by atoms with E-state index in [9.17, 15) is 14.0 Å². The maximum atomic E-state index is 13.3. The molecule has 1 aliphatic rings. The SMILES string of the molecule is CCCCCC(=O)N(CCN1CCN(C(=O)c2cccc(Br)c2)CC1)Cc1ccc(F)cc1. The van der Waals surface area contributed by atoms with Crippen LogP contribution in [0.15, 0.2) is 53.0 Å². The third kappa shape index (κ3) is 7.93. The first-order chi connectivity index (χ1) is 16.0. The predicted octanol–water partition coefficient (Wildman–Crippen LogP) is 4.96. The summed E-state index contributed by atoms with van der Waals surface area (Å²) in [6.07, 6.45) is 3.56. The summed E-state index contributed by atoms with van der Waals surface area (Å²) in [4.78, 5) is 31.7. The Bertz CT molecular complexity index is 914. The summed E-state index contributed by atoms with van der Waals surface area (Å²) in [5.74, 6) is -0.0638. The Hall–Kier alpha value is -2.25. The van der Waals surface area contributed by atoms with Crippen molar-refractivity contribution >= 4 is 27.7 Å². The lowest BCUT2D eigenvalue weighted by molar-refractivity contribution is -0.132. The van der Waals surface area contributed by atoms with E-state index in [1.165, 1.54) is 12.1 Å². The van der Waals surface area contributed by atoms with E-state index in [4.69, 9.17) is 0 Å². The third-order valence-corrected chi connectivity index (χ3v) is 6.54. The summed E-state index contributed by atoms with van der Waals surface area (Å²) in [6, 6.07) is 13.9. The molecule has 1 saturated heterocycles. The molecule has 2 aromatic rings. The minimum absolute atomic E-state index is 0.0555. The summed E-state index contributed by atoms with van der Waals surface area (Å²) in [5.41, 5.74) is 1.63. The molecule has 3 rings (SSSR count). The van der Waals surface area contributed by atoms with Crippen LogP contribution in [0.25, 0.3) is 0 Å². The third-order valence-electron chi connectivity index (χ3n) is 6.05. The van der Waals surface area contributed by atoms with E-state index in [0.717, 1.165) is 48.9 Å². The number of hydrogen-bond acceptors (Lipinski definition) is 3. The van der Waals surface area contributed by atoms with Gasteiger partial charge in [-0.3, -0.25) is 14.5 Å². The Morgan fingerprint density at radius 3 is 2.42 bits per heavy atom. The number of unbranched alkanes of at least 4 members (excludes halogenated alkanes) is 2. The van der Waals surface area contributed by atoms with Crippen molar-refractivity contribution in [1.29, 1.82) is 0 Å². The second-order valence-corrected chi connectivity index (χ2v) is 9.46. The maximum Gasteiger partial charge on any atom is 0.253 e. The second-order valence-electron chi connectivity index (χ2n) is 8.54. The van der Waals surface area contributed by atoms with Crippen LogP contribution in [0, 0.1) is 5.82 Å². The summed E-state index contributed by atoms with van der Waals surface area (Å²) in [6.45, 7) is 6.93. The molecule has 0 N–H and O–H groups in total. The molecule has 0 bridgehead atoms. The lowest BCUT2D eigenvalue weighted by atomic mass is 10.1. The molecule has 0 aromatic heterocycles. The van der Waals surface area contributed by atoms with Crippen LogP contribution in [0.4, 0.5) is 4.39 Å². The summed E-state index contributed by atoms with van der Waals surface area (Å²) in [5, 5.41) is 0. The Kier molecular flexibility index (Phi) is 9.88. The highest BCUT2D eigenvalue weighted by Gasteiger charge is 2.23. The summed E-state index contributed by atoms with van der Waals surface area (Å²) < 4.78 is 14.2. The number of carbonyl (C=O) groups excluding carboxylic acids is 2. The minimum atomic E-state index is -0.269. The van der Waals surface area contributed by atoms with Crippen molar-refractivity contribution in [2.45, 2.75) is 39.2 Å². The number of amides is 2. The van der Waals surface area contributed by atoms with Gasteiger partial charge in [-0.25, -0.2) is 4.39 Å². The number of nitrogens with zero attached hydrogens (tertiary/aromatic N) is 3. The Morgan fingerprint density at radius 2 is 1.76 bits per heavy atom. The van der Waals surface area contributed by atoms with E-state index in [1.807, 2.05) is 34.1 Å². The molecule has 0 spiro atoms. The van der Waals surface area contributed by atoms with Crippen LogP contribution >= 0.6 is 15.9 Å². The van der Waals surface area contributed by atoms with Crippen molar-refractivity contribution in [1.82, 2.24) is 14.7 Å². The van der Waals surface area contributed by atoms with Gasteiger partial charge in [-0.1, -0.05) is 53.9 Å². The molecule has 1 aliphatic heterocycles. The lowest BCUT2D eigenvalue weighted by Crippen LogP contribution is -2.50. The molecular formula is C26H33BrFN3O2. The second kappa shape index (κ2) is 12.8. The molecule has 1 fully saturated rings. The van der Waals surface area contributed by atoms with Crippen molar-refractivity contribution in [3.05, 3.63) is 69.9 Å². The lowest BCUT2D eigenvalue weighted by Gasteiger charge is -2.36. The number of halogens is 2. The highest BCUT2D eigenvalue weighted by molar-refractivity contribution is 9.10. The smallest absolute Gasteiger partial charge is 0.253 e. The molecule has 0 atom stereocenters. The van der Waals surface area contributed by atoms with Gasteiger partial charge in [0.15, 0.2) is 0 Å². The molecule has 0 unspecified atom stereocenters. The zero-order valence-electron chi connectivity index (χ0n) is 19.3. The summed E-state index contributed by atoms with van der Waals surface area (Å²) >= 11 is 3.43. The fourth-order valence-electron chi connectivity index (χ4n) is 4.03. The number of piperazine rings is 1. The van der Waals surface area contributed by atoms with Gasteiger partial charge >= 0.3 is 0 Å². The van der Waals surface area contributed by atoms with Crippen molar-refractivity contribution in [2.75, 3.05) is 39.3 Å². The van der Waals surface area contributed by atoms with Crippen LogP contribution in [0.1, 0.15) is 48.5 Å². The van der Waals surface area contributed by atoms with Gasteiger partial charge in [0.05, 0.1) is 0 Å². The largest absolute Gasteiger partial charge is 0.337 e. The predicted molar refractivity (Wildman–Crippen MR) is 132 cm³/mol. The fraction of sp³-hybridized carbons (Fsp3) is 0.462. The van der Waals surface area contributed by atoms with Crippen molar-refractivity contribution in [2.24, 2.45) is 0 Å². The van der Waals surface area contributed by atoms with Crippen LogP contribution in [0.3, 0.4) is 0 Å². The van der Waals surface area contributed by atoms with E-state index in [2.05, 4.69) is 27.8 Å². The fourth-order valence-corrected chi connectivity index (χ4v) is 4.43. The zero-order valence-corrected chi connectivity index (χ0v) is 20.9. The average molecular weight is 518 g/mol. The van der Waals surface area contributed by atoms with Crippen molar-refractivity contribution in [3.63, 3.8) is 0 Å². The standard InChI is InChI=1S/C26H33BrFN3O2/c1-2-3-4-8-25(32)31(20-21-9-11-24(28)12-10-21)18-15-29-13-16-30(17-14-29)26(33)22-6-5-7-23(27)19-22/h5-7,9-12,19H,2-4,8,13-18,20H2,1H3. The van der Waals surface area contributed by atoms with Gasteiger partial charge in [0.25, 0.3) is 5.91 Å². The first-order valence-electron chi connectivity index (χ1n) is 11.8. The van der Waals surface area contributed by atoms with Crippen LogP contribution in [0.5, 0.6) is 0 Å². The van der Waals surface area contributed by atoms with Crippen molar-refractivity contribution in [3.8, 4) is 0 Å². The average Bonchev–Trinajstić information content (AvgIpc) is 2.83. The van der Waals surface area contributed by atoms with Gasteiger partial charge in [0.2, 0.25) is 5.91 Å². The first-order valence-corrected chi connectivity index (χ1v) is 12.5. The van der Waals surface area contributed by atoms with Gasteiger partial charge in [-0.05, 0) is 42.3 Å². The van der Waals surface area contributed by atoms with E-state index in [1.54, 1.807) is 12.1 Å². The highest BCUT2D eigenvalue weighted by Crippen LogP contribution is 2.15. The van der Waals surface area contributed by atoms with Gasteiger partial charge in [-0.2, -0.15) is 0 Å². The van der Waals surface area contributed by atoms with Crippen LogP contribution in [-0.2, 0) is 11.3 Å². The molecule has 0 radical (unpaired) electrons. The molecule has 2 amide bonds. The molecule has 33 heavy (non-hydrogen) atoms. The monoisotopic (exact) mass is 517 g/mol. The normalized spacial score (nSPS) is 14.3. The molecule has 178 valence electrons. The number of carbonyl (C=O) groups is 2. The number of hydrogen-bond donors (Lipinski definition) is 0. The van der Waals surface area contributed by atoms with Gasteiger partial charge < -0.3 is 9.80 Å². The minimum Gasteiger partial charge on any atom is -0.337 e. The van der Waals surface area contributed by atoms with Gasteiger partial charge in [0.1, 0.15) is 5.82 Å². The van der Waals surface area contributed by atoms with Crippen LogP contribution < -0.4 is 0 Å². The molecule has 1 heterocycles. The molecule has 0 aliphatic carbocycles. The van der Waals surface area contributed by atoms with Crippen LogP contribution in [-0.4, -0.2) is 65.8 Å². The van der Waals surface area contributed by atoms with E-state index >= 15 is 0 Å². The Morgan fingerprint density at radius 1 is 1.03 bits per heavy atom. The molecule has 7 heteroatoms. The number of benzene rings is 2. The Labute approximate surface area is 204 Å². The molecule has 5 nitrogen and oxygen atoms in total.